The van der Waals surface area contributed by atoms with Gasteiger partial charge in [-0.15, -0.1) is 0 Å². The van der Waals surface area contributed by atoms with Crippen LogP contribution in [-0.2, 0) is 16.4 Å². The van der Waals surface area contributed by atoms with Crippen LogP contribution in [-0.4, -0.2) is 30.5 Å². The summed E-state index contributed by atoms with van der Waals surface area (Å²) in [6.45, 7) is 2.62. The fourth-order valence-corrected chi connectivity index (χ4v) is 2.66. The standard InChI is InChI=1S/C10H18N4O2S/c1-3-6-14-9(11)8(17(2,15)16)10(13-14)12-7-4-5-7/h7H,3-6,11H2,1-2H3,(H,12,13). The van der Waals surface area contributed by atoms with Gasteiger partial charge in [0, 0.05) is 18.8 Å². The Morgan fingerprint density at radius 1 is 1.53 bits per heavy atom. The molecule has 0 atom stereocenters. The summed E-state index contributed by atoms with van der Waals surface area (Å²) in [4.78, 5) is 0.137. The molecule has 0 amide bonds. The summed E-state index contributed by atoms with van der Waals surface area (Å²) in [6.07, 6.45) is 4.14. The summed E-state index contributed by atoms with van der Waals surface area (Å²) in [5.41, 5.74) is 5.85. The monoisotopic (exact) mass is 258 g/mol. The highest BCUT2D eigenvalue weighted by molar-refractivity contribution is 7.91. The molecule has 0 spiro atoms. The van der Waals surface area contributed by atoms with Crippen LogP contribution in [0.1, 0.15) is 26.2 Å². The van der Waals surface area contributed by atoms with Gasteiger partial charge in [-0.25, -0.2) is 13.1 Å². The zero-order valence-electron chi connectivity index (χ0n) is 10.1. The molecule has 17 heavy (non-hydrogen) atoms. The van der Waals surface area contributed by atoms with Gasteiger partial charge in [-0.2, -0.15) is 5.10 Å². The van der Waals surface area contributed by atoms with Crippen molar-refractivity contribution in [3.63, 3.8) is 0 Å². The van der Waals surface area contributed by atoms with Crippen LogP contribution >= 0.6 is 0 Å². The fourth-order valence-electron chi connectivity index (χ4n) is 1.72. The van der Waals surface area contributed by atoms with E-state index in [4.69, 9.17) is 5.73 Å². The van der Waals surface area contributed by atoms with Crippen LogP contribution in [0, 0.1) is 0 Å². The van der Waals surface area contributed by atoms with Gasteiger partial charge in [0.15, 0.2) is 20.6 Å². The molecule has 7 heteroatoms. The van der Waals surface area contributed by atoms with E-state index in [2.05, 4.69) is 10.4 Å². The third-order valence-electron chi connectivity index (χ3n) is 2.67. The number of nitrogens with zero attached hydrogens (tertiary/aromatic N) is 2. The highest BCUT2D eigenvalue weighted by atomic mass is 32.2. The van der Waals surface area contributed by atoms with Gasteiger partial charge >= 0.3 is 0 Å². The van der Waals surface area contributed by atoms with E-state index in [1.165, 1.54) is 0 Å². The second-order valence-corrected chi connectivity index (χ2v) is 6.43. The lowest BCUT2D eigenvalue weighted by Gasteiger charge is -2.02. The smallest absolute Gasteiger partial charge is 0.182 e. The van der Waals surface area contributed by atoms with Crippen LogP contribution < -0.4 is 11.1 Å². The Hall–Kier alpha value is -1.24. The molecule has 3 N–H and O–H groups in total. The van der Waals surface area contributed by atoms with E-state index in [1.807, 2.05) is 6.92 Å². The van der Waals surface area contributed by atoms with E-state index in [1.54, 1.807) is 4.68 Å². The number of nitrogens with one attached hydrogen (secondary N) is 1. The predicted octanol–water partition coefficient (Wildman–Crippen LogP) is 0.853. The summed E-state index contributed by atoms with van der Waals surface area (Å²) in [6, 6.07) is 0.347. The van der Waals surface area contributed by atoms with E-state index in [0.717, 1.165) is 25.5 Å². The second kappa shape index (κ2) is 4.21. The van der Waals surface area contributed by atoms with E-state index < -0.39 is 9.84 Å². The molecule has 0 aliphatic heterocycles. The quantitative estimate of drug-likeness (QED) is 0.817. The number of rotatable bonds is 5. The fraction of sp³-hybridized carbons (Fsp3) is 0.700. The Bertz CT molecular complexity index is 517. The summed E-state index contributed by atoms with van der Waals surface area (Å²) >= 11 is 0. The molecular weight excluding hydrogens is 240 g/mol. The average Bonchev–Trinajstić information content (AvgIpc) is 2.93. The first-order valence-electron chi connectivity index (χ1n) is 5.76. The molecule has 1 saturated carbocycles. The summed E-state index contributed by atoms with van der Waals surface area (Å²) in [5.74, 6) is 0.637. The van der Waals surface area contributed by atoms with Crippen molar-refractivity contribution in [2.45, 2.75) is 43.7 Å². The zero-order chi connectivity index (χ0) is 12.6. The SMILES string of the molecule is CCCn1nc(NC2CC2)c(S(C)(=O)=O)c1N. The number of hydrogen-bond donors (Lipinski definition) is 2. The number of hydrogen-bond acceptors (Lipinski definition) is 5. The van der Waals surface area contributed by atoms with Crippen LogP contribution in [0.2, 0.25) is 0 Å². The minimum absolute atomic E-state index is 0.137. The van der Waals surface area contributed by atoms with Gasteiger partial charge < -0.3 is 11.1 Å². The molecule has 1 aliphatic rings. The molecule has 0 bridgehead atoms. The lowest BCUT2D eigenvalue weighted by atomic mass is 10.5. The Morgan fingerprint density at radius 3 is 2.65 bits per heavy atom. The predicted molar refractivity (Wildman–Crippen MR) is 66.7 cm³/mol. The van der Waals surface area contributed by atoms with Crippen LogP contribution in [0.25, 0.3) is 0 Å². The molecule has 1 aliphatic carbocycles. The summed E-state index contributed by atoms with van der Waals surface area (Å²) < 4.78 is 25.0. The van der Waals surface area contributed by atoms with Gasteiger partial charge in [-0.1, -0.05) is 6.92 Å². The first-order chi connectivity index (χ1) is 7.93. The number of nitrogens with two attached hydrogens (primary N) is 1. The van der Waals surface area contributed by atoms with Crippen molar-refractivity contribution in [3.8, 4) is 0 Å². The van der Waals surface area contributed by atoms with Crippen molar-refractivity contribution in [1.82, 2.24) is 9.78 Å². The molecule has 1 aromatic heterocycles. The Morgan fingerprint density at radius 2 is 2.18 bits per heavy atom. The first-order valence-corrected chi connectivity index (χ1v) is 7.65. The number of anilines is 2. The van der Waals surface area contributed by atoms with E-state index in [0.29, 0.717) is 18.4 Å². The largest absolute Gasteiger partial charge is 0.383 e. The summed E-state index contributed by atoms with van der Waals surface area (Å²) in [5, 5.41) is 7.37. The van der Waals surface area contributed by atoms with Gasteiger partial charge in [0.2, 0.25) is 0 Å². The van der Waals surface area contributed by atoms with Gasteiger partial charge in [0.05, 0.1) is 0 Å². The zero-order valence-corrected chi connectivity index (χ0v) is 10.9. The third kappa shape index (κ3) is 2.54. The van der Waals surface area contributed by atoms with Crippen molar-refractivity contribution in [1.29, 1.82) is 0 Å². The molecule has 0 unspecified atom stereocenters. The number of aromatic nitrogens is 2. The van der Waals surface area contributed by atoms with Crippen LogP contribution in [0.15, 0.2) is 4.90 Å². The number of nitrogen functional groups attached to an aromatic ring is 1. The van der Waals surface area contributed by atoms with Crippen molar-refractivity contribution in [3.05, 3.63) is 0 Å². The van der Waals surface area contributed by atoms with E-state index in [-0.39, 0.29) is 10.7 Å². The first kappa shape index (κ1) is 12.2. The molecular formula is C10H18N4O2S. The van der Waals surface area contributed by atoms with Gasteiger partial charge in [-0.3, -0.25) is 0 Å². The Labute approximate surface area is 101 Å². The molecule has 0 aromatic carbocycles. The minimum atomic E-state index is -3.35. The maximum atomic E-state index is 11.7. The molecule has 6 nitrogen and oxygen atoms in total. The van der Waals surface area contributed by atoms with Gasteiger partial charge in [0.1, 0.15) is 5.82 Å². The highest BCUT2D eigenvalue weighted by Crippen LogP contribution is 2.31. The maximum Gasteiger partial charge on any atom is 0.182 e. The normalized spacial score (nSPS) is 16.1. The van der Waals surface area contributed by atoms with Gasteiger partial charge in [0.25, 0.3) is 0 Å². The van der Waals surface area contributed by atoms with Crippen LogP contribution in [0.3, 0.4) is 0 Å². The van der Waals surface area contributed by atoms with E-state index in [9.17, 15) is 8.42 Å². The lowest BCUT2D eigenvalue weighted by Crippen LogP contribution is -2.08. The topological polar surface area (TPSA) is 90.0 Å². The average molecular weight is 258 g/mol. The third-order valence-corrected chi connectivity index (χ3v) is 3.81. The lowest BCUT2D eigenvalue weighted by molar-refractivity contribution is 0.600. The van der Waals surface area contributed by atoms with Crippen LogP contribution in [0.4, 0.5) is 11.6 Å². The molecule has 1 heterocycles. The highest BCUT2D eigenvalue weighted by Gasteiger charge is 2.29. The van der Waals surface area contributed by atoms with Crippen molar-refractivity contribution >= 4 is 21.5 Å². The van der Waals surface area contributed by atoms with Crippen molar-refractivity contribution in [2.75, 3.05) is 17.3 Å². The summed E-state index contributed by atoms with van der Waals surface area (Å²) in [7, 11) is -3.35. The molecule has 2 rings (SSSR count). The molecule has 1 aromatic rings. The number of sulfone groups is 1. The van der Waals surface area contributed by atoms with E-state index >= 15 is 0 Å². The van der Waals surface area contributed by atoms with Crippen molar-refractivity contribution < 1.29 is 8.42 Å². The van der Waals surface area contributed by atoms with Crippen LogP contribution in [0.5, 0.6) is 0 Å². The van der Waals surface area contributed by atoms with Gasteiger partial charge in [-0.05, 0) is 19.3 Å². The maximum absolute atomic E-state index is 11.7. The Kier molecular flexibility index (Phi) is 3.03. The van der Waals surface area contributed by atoms with Crippen molar-refractivity contribution in [2.24, 2.45) is 0 Å². The molecule has 1 fully saturated rings. The Balaban J connectivity index is 2.43. The number of aryl methyl sites for hydroxylation is 1. The second-order valence-electron chi connectivity index (χ2n) is 4.48. The minimum Gasteiger partial charge on any atom is -0.383 e. The molecule has 0 radical (unpaired) electrons. The molecule has 96 valence electrons. The molecule has 0 saturated heterocycles.